The van der Waals surface area contributed by atoms with Crippen LogP contribution in [0.4, 0.5) is 0 Å². The molecule has 0 aliphatic carbocycles. The molecule has 3 rings (SSSR count). The summed E-state index contributed by atoms with van der Waals surface area (Å²) in [5, 5.41) is 15.1. The Morgan fingerprint density at radius 1 is 1.12 bits per heavy atom. The number of carboxylic acid groups (broad SMARTS) is 1. The van der Waals surface area contributed by atoms with Crippen molar-refractivity contribution in [2.45, 2.75) is 46.3 Å². The summed E-state index contributed by atoms with van der Waals surface area (Å²) in [6, 6.07) is 14.4. The summed E-state index contributed by atoms with van der Waals surface area (Å²) in [6.45, 7) is 7.74. The highest BCUT2D eigenvalue weighted by Gasteiger charge is 2.18. The molecule has 0 fully saturated rings. The molecule has 1 heterocycles. The molecule has 132 valence electrons. The summed E-state index contributed by atoms with van der Waals surface area (Å²) in [5.41, 5.74) is 3.58. The van der Waals surface area contributed by atoms with Crippen molar-refractivity contribution < 1.29 is 9.90 Å². The number of benzene rings is 2. The van der Waals surface area contributed by atoms with Crippen molar-refractivity contribution in [1.29, 1.82) is 0 Å². The highest BCUT2D eigenvalue weighted by molar-refractivity contribution is 6.08. The third-order valence-corrected chi connectivity index (χ3v) is 4.71. The van der Waals surface area contributed by atoms with Gasteiger partial charge in [0.05, 0.1) is 0 Å². The Labute approximate surface area is 148 Å². The van der Waals surface area contributed by atoms with Crippen molar-refractivity contribution in [2.24, 2.45) is 5.92 Å². The maximum Gasteiger partial charge on any atom is 0.320 e. The minimum Gasteiger partial charge on any atom is -0.480 e. The van der Waals surface area contributed by atoms with Gasteiger partial charge < -0.3 is 15.0 Å². The van der Waals surface area contributed by atoms with Crippen LogP contribution in [0.2, 0.25) is 0 Å². The van der Waals surface area contributed by atoms with E-state index in [2.05, 4.69) is 59.3 Å². The van der Waals surface area contributed by atoms with Crippen LogP contribution in [0, 0.1) is 5.92 Å². The molecule has 2 aromatic carbocycles. The number of para-hydroxylation sites is 1. The van der Waals surface area contributed by atoms with E-state index in [0.29, 0.717) is 18.9 Å². The average molecular weight is 338 g/mol. The predicted octanol–water partition coefficient (Wildman–Crippen LogP) is 4.40. The molecule has 1 aromatic heterocycles. The molecule has 0 radical (unpaired) electrons. The SMILES string of the molecule is CCn1c2ccccc2c2cc(CN[C@@H](CC(C)C)C(=O)O)ccc21. The van der Waals surface area contributed by atoms with Crippen LogP contribution in [0.25, 0.3) is 21.8 Å². The average Bonchev–Trinajstić information content (AvgIpc) is 2.91. The quantitative estimate of drug-likeness (QED) is 0.671. The summed E-state index contributed by atoms with van der Waals surface area (Å²) >= 11 is 0. The number of nitrogens with zero attached hydrogens (tertiary/aromatic N) is 1. The Bertz CT molecular complexity index is 895. The van der Waals surface area contributed by atoms with Gasteiger partial charge in [0.1, 0.15) is 6.04 Å². The molecule has 3 aromatic rings. The second-order valence-corrected chi connectivity index (χ2v) is 7.01. The number of carboxylic acids is 1. The first-order valence-corrected chi connectivity index (χ1v) is 8.97. The van der Waals surface area contributed by atoms with Crippen molar-refractivity contribution in [3.8, 4) is 0 Å². The molecular formula is C21H26N2O2. The van der Waals surface area contributed by atoms with Crippen molar-refractivity contribution in [2.75, 3.05) is 0 Å². The first-order valence-electron chi connectivity index (χ1n) is 8.97. The van der Waals surface area contributed by atoms with Crippen LogP contribution in [0.5, 0.6) is 0 Å². The van der Waals surface area contributed by atoms with E-state index in [0.717, 1.165) is 12.1 Å². The molecule has 2 N–H and O–H groups in total. The number of carbonyl (C=O) groups is 1. The van der Waals surface area contributed by atoms with E-state index in [1.807, 2.05) is 13.8 Å². The highest BCUT2D eigenvalue weighted by Crippen LogP contribution is 2.29. The van der Waals surface area contributed by atoms with Crippen LogP contribution >= 0.6 is 0 Å². The molecule has 0 saturated carbocycles. The van der Waals surface area contributed by atoms with E-state index >= 15 is 0 Å². The van der Waals surface area contributed by atoms with E-state index in [-0.39, 0.29) is 0 Å². The minimum atomic E-state index is -0.780. The Balaban J connectivity index is 1.91. The fourth-order valence-electron chi connectivity index (χ4n) is 3.54. The molecule has 0 spiro atoms. The standard InChI is InChI=1S/C21H26N2O2/c1-4-23-19-8-6-5-7-16(19)17-12-15(9-10-20(17)23)13-22-18(21(24)25)11-14(2)3/h5-10,12,14,18,22H,4,11,13H2,1-3H3,(H,24,25)/t18-/m0/s1. The van der Waals surface area contributed by atoms with Crippen molar-refractivity contribution in [3.63, 3.8) is 0 Å². The molecule has 4 heteroatoms. The second-order valence-electron chi connectivity index (χ2n) is 7.01. The lowest BCUT2D eigenvalue weighted by atomic mass is 10.0. The Hall–Kier alpha value is -2.33. The van der Waals surface area contributed by atoms with Gasteiger partial charge >= 0.3 is 5.97 Å². The van der Waals surface area contributed by atoms with Crippen LogP contribution < -0.4 is 5.32 Å². The number of aryl methyl sites for hydroxylation is 1. The third kappa shape index (κ3) is 3.54. The monoisotopic (exact) mass is 338 g/mol. The summed E-state index contributed by atoms with van der Waals surface area (Å²) < 4.78 is 2.32. The number of aromatic nitrogens is 1. The zero-order valence-electron chi connectivity index (χ0n) is 15.1. The van der Waals surface area contributed by atoms with Gasteiger partial charge in [-0.1, -0.05) is 38.1 Å². The van der Waals surface area contributed by atoms with Crippen molar-refractivity contribution >= 4 is 27.8 Å². The topological polar surface area (TPSA) is 54.3 Å². The van der Waals surface area contributed by atoms with Gasteiger partial charge in [0.2, 0.25) is 0 Å². The van der Waals surface area contributed by atoms with Crippen molar-refractivity contribution in [1.82, 2.24) is 9.88 Å². The van der Waals surface area contributed by atoms with Gasteiger partial charge in [-0.2, -0.15) is 0 Å². The number of hydrogen-bond acceptors (Lipinski definition) is 2. The second kappa shape index (κ2) is 7.28. The van der Waals surface area contributed by atoms with E-state index in [1.165, 1.54) is 21.8 Å². The van der Waals surface area contributed by atoms with E-state index in [4.69, 9.17) is 0 Å². The minimum absolute atomic E-state index is 0.346. The summed E-state index contributed by atoms with van der Waals surface area (Å²) in [5.74, 6) is -0.434. The fourth-order valence-corrected chi connectivity index (χ4v) is 3.54. The smallest absolute Gasteiger partial charge is 0.320 e. The first kappa shape index (κ1) is 17.5. The van der Waals surface area contributed by atoms with Gasteiger partial charge in [-0.05, 0) is 43.0 Å². The number of fused-ring (bicyclic) bond motifs is 3. The zero-order valence-corrected chi connectivity index (χ0v) is 15.1. The van der Waals surface area contributed by atoms with Crippen LogP contribution in [0.3, 0.4) is 0 Å². The fraction of sp³-hybridized carbons (Fsp3) is 0.381. The van der Waals surface area contributed by atoms with E-state index < -0.39 is 12.0 Å². The normalized spacial score (nSPS) is 13.0. The van der Waals surface area contributed by atoms with Crippen LogP contribution in [0.1, 0.15) is 32.8 Å². The molecular weight excluding hydrogens is 312 g/mol. The maximum atomic E-state index is 11.4. The van der Waals surface area contributed by atoms with Crippen LogP contribution in [-0.4, -0.2) is 21.7 Å². The van der Waals surface area contributed by atoms with Gasteiger partial charge in [-0.3, -0.25) is 4.79 Å². The molecule has 0 unspecified atom stereocenters. The van der Waals surface area contributed by atoms with Gasteiger partial charge in [0, 0.05) is 34.9 Å². The number of aliphatic carboxylic acids is 1. The number of rotatable bonds is 7. The van der Waals surface area contributed by atoms with Gasteiger partial charge in [0.15, 0.2) is 0 Å². The first-order chi connectivity index (χ1) is 12.0. The molecule has 1 atom stereocenters. The number of hydrogen-bond donors (Lipinski definition) is 2. The summed E-state index contributed by atoms with van der Waals surface area (Å²) in [7, 11) is 0. The largest absolute Gasteiger partial charge is 0.480 e. The molecule has 0 bridgehead atoms. The predicted molar refractivity (Wildman–Crippen MR) is 103 cm³/mol. The summed E-state index contributed by atoms with van der Waals surface area (Å²) in [4.78, 5) is 11.4. The van der Waals surface area contributed by atoms with Crippen LogP contribution in [0.15, 0.2) is 42.5 Å². The van der Waals surface area contributed by atoms with Gasteiger partial charge in [-0.25, -0.2) is 0 Å². The highest BCUT2D eigenvalue weighted by atomic mass is 16.4. The van der Waals surface area contributed by atoms with Crippen LogP contribution in [-0.2, 0) is 17.9 Å². The molecule has 4 nitrogen and oxygen atoms in total. The van der Waals surface area contributed by atoms with E-state index in [9.17, 15) is 9.90 Å². The molecule has 0 aliphatic heterocycles. The lowest BCUT2D eigenvalue weighted by Gasteiger charge is -2.16. The Morgan fingerprint density at radius 2 is 1.84 bits per heavy atom. The van der Waals surface area contributed by atoms with E-state index in [1.54, 1.807) is 0 Å². The lowest BCUT2D eigenvalue weighted by molar-refractivity contribution is -0.140. The molecule has 0 amide bonds. The Kier molecular flexibility index (Phi) is 5.09. The Morgan fingerprint density at radius 3 is 2.52 bits per heavy atom. The summed E-state index contributed by atoms with van der Waals surface area (Å²) in [6.07, 6.45) is 0.632. The lowest BCUT2D eigenvalue weighted by Crippen LogP contribution is -2.37. The van der Waals surface area contributed by atoms with Gasteiger partial charge in [-0.15, -0.1) is 0 Å². The maximum absolute atomic E-state index is 11.4. The molecule has 0 aliphatic rings. The van der Waals surface area contributed by atoms with Gasteiger partial charge in [0.25, 0.3) is 0 Å². The number of nitrogens with one attached hydrogen (secondary N) is 1. The van der Waals surface area contributed by atoms with Crippen molar-refractivity contribution in [3.05, 3.63) is 48.0 Å². The zero-order chi connectivity index (χ0) is 18.0. The third-order valence-electron chi connectivity index (χ3n) is 4.71. The molecule has 0 saturated heterocycles. The molecule has 25 heavy (non-hydrogen) atoms.